The van der Waals surface area contributed by atoms with Gasteiger partial charge in [0.05, 0.1) is 22.4 Å². The lowest BCUT2D eigenvalue weighted by Crippen LogP contribution is -2.43. The number of benzene rings is 2. The van der Waals surface area contributed by atoms with Gasteiger partial charge in [-0.15, -0.1) is 11.3 Å². The second kappa shape index (κ2) is 12.1. The summed E-state index contributed by atoms with van der Waals surface area (Å²) in [6.45, 7) is 6.94. The van der Waals surface area contributed by atoms with Gasteiger partial charge in [-0.3, -0.25) is 9.69 Å². The fourth-order valence-electron chi connectivity index (χ4n) is 6.11. The number of fused-ring (bicyclic) bond motifs is 3. The summed E-state index contributed by atoms with van der Waals surface area (Å²) in [4.78, 5) is 42.6. The lowest BCUT2D eigenvalue weighted by atomic mass is 10.2. The number of carbonyl (C=O) groups is 2. The van der Waals surface area contributed by atoms with E-state index in [1.807, 2.05) is 35.6 Å². The minimum atomic E-state index is -0.515. The number of ether oxygens (including phenoxy) is 1. The summed E-state index contributed by atoms with van der Waals surface area (Å²) in [5.41, 5.74) is 8.71. The number of anilines is 3. The monoisotopic (exact) mass is 612 g/mol. The smallest absolute Gasteiger partial charge is 0.323 e. The van der Waals surface area contributed by atoms with Crippen LogP contribution in [0.25, 0.3) is 21.6 Å². The number of thiophene rings is 1. The van der Waals surface area contributed by atoms with Crippen molar-refractivity contribution in [2.24, 2.45) is 5.73 Å². The molecule has 7 rings (SSSR count). The first-order chi connectivity index (χ1) is 21.4. The molecule has 2 atom stereocenters. The number of primary amides is 1. The zero-order valence-electron chi connectivity index (χ0n) is 24.7. The van der Waals surface area contributed by atoms with Crippen LogP contribution in [0.1, 0.15) is 28.1 Å². The molecule has 5 heterocycles. The number of hydrogen-bond acceptors (Lipinski definition) is 9. The quantitative estimate of drug-likeness (QED) is 0.283. The van der Waals surface area contributed by atoms with Crippen LogP contribution in [0.15, 0.2) is 54.6 Å². The van der Waals surface area contributed by atoms with E-state index in [9.17, 15) is 9.59 Å². The Bertz CT molecular complexity index is 1660. The molecule has 4 N–H and O–H groups in total. The van der Waals surface area contributed by atoms with Crippen LogP contribution in [0.4, 0.5) is 22.0 Å². The summed E-state index contributed by atoms with van der Waals surface area (Å²) in [6.07, 6.45) is 2.71. The number of nitrogens with two attached hydrogens (primary N) is 1. The molecule has 2 unspecified atom stereocenters. The molecule has 11 nitrogen and oxygen atoms in total. The second-order valence-corrected chi connectivity index (χ2v) is 13.0. The summed E-state index contributed by atoms with van der Waals surface area (Å²) in [7, 11) is 2.18. The Kier molecular flexibility index (Phi) is 7.89. The van der Waals surface area contributed by atoms with Crippen molar-refractivity contribution in [3.05, 3.63) is 65.0 Å². The Morgan fingerprint density at radius 3 is 2.20 bits per heavy atom. The van der Waals surface area contributed by atoms with E-state index in [4.69, 9.17) is 20.4 Å². The predicted octanol–water partition coefficient (Wildman–Crippen LogP) is 4.22. The van der Waals surface area contributed by atoms with Gasteiger partial charge in [-0.1, -0.05) is 0 Å². The van der Waals surface area contributed by atoms with Gasteiger partial charge in [-0.05, 0) is 74.5 Å². The second-order valence-electron chi connectivity index (χ2n) is 11.8. The van der Waals surface area contributed by atoms with E-state index < -0.39 is 11.9 Å². The van der Waals surface area contributed by atoms with Crippen LogP contribution >= 0.6 is 11.3 Å². The number of urea groups is 1. The fourth-order valence-corrected chi connectivity index (χ4v) is 7.27. The van der Waals surface area contributed by atoms with E-state index >= 15 is 0 Å². The topological polar surface area (TPSA) is 129 Å². The molecule has 3 fully saturated rings. The van der Waals surface area contributed by atoms with Crippen LogP contribution in [0, 0.1) is 0 Å². The number of amides is 3. The molecule has 4 aromatic rings. The van der Waals surface area contributed by atoms with Gasteiger partial charge >= 0.3 is 6.03 Å². The molecule has 12 heteroatoms. The molecular formula is C32H36N8O3S. The highest BCUT2D eigenvalue weighted by molar-refractivity contribution is 7.19. The normalized spacial score (nSPS) is 20.6. The zero-order valence-corrected chi connectivity index (χ0v) is 25.5. The molecule has 3 aliphatic rings. The Labute approximate surface area is 260 Å². The van der Waals surface area contributed by atoms with Crippen molar-refractivity contribution in [1.82, 2.24) is 19.8 Å². The van der Waals surface area contributed by atoms with Crippen molar-refractivity contribution < 1.29 is 14.3 Å². The lowest BCUT2D eigenvalue weighted by molar-refractivity contribution is 0.0303. The molecule has 2 aromatic carbocycles. The highest BCUT2D eigenvalue weighted by Crippen LogP contribution is 2.38. The Morgan fingerprint density at radius 2 is 1.57 bits per heavy atom. The van der Waals surface area contributed by atoms with E-state index in [0.717, 1.165) is 80.3 Å². The standard InChI is InChI=1S/C32H36N8O3S/c1-38-12-14-39(15-13-38)19-26-16-27-28(44-26)31(40-17-24-10-11-25(18-40)43-24)37-30(36-27)21-4-8-23(9-5-21)35-32(42)34-22-6-2-20(3-7-22)29(33)41/h2-9,16,24-25H,10-15,17-19H2,1H3,(H2,33,41)(H2,34,35,42). The molecule has 0 radical (unpaired) electrons. The molecular weight excluding hydrogens is 576 g/mol. The maximum atomic E-state index is 12.6. The molecule has 0 aliphatic carbocycles. The minimum Gasteiger partial charge on any atom is -0.371 e. The molecule has 3 aliphatic heterocycles. The number of rotatable bonds is 7. The molecule has 3 amide bonds. The molecule has 2 bridgehead atoms. The number of morpholine rings is 1. The van der Waals surface area contributed by atoms with Gasteiger partial charge in [0.25, 0.3) is 0 Å². The highest BCUT2D eigenvalue weighted by Gasteiger charge is 2.35. The van der Waals surface area contributed by atoms with Crippen LogP contribution in [0.5, 0.6) is 0 Å². The van der Waals surface area contributed by atoms with Crippen molar-refractivity contribution in [2.75, 3.05) is 61.8 Å². The maximum Gasteiger partial charge on any atom is 0.323 e. The zero-order chi connectivity index (χ0) is 30.2. The van der Waals surface area contributed by atoms with Crippen LogP contribution in [-0.2, 0) is 11.3 Å². The fraction of sp³-hybridized carbons (Fsp3) is 0.375. The van der Waals surface area contributed by atoms with Gasteiger partial charge in [-0.25, -0.2) is 14.8 Å². The molecule has 0 saturated carbocycles. The predicted molar refractivity (Wildman–Crippen MR) is 173 cm³/mol. The van der Waals surface area contributed by atoms with Crippen LogP contribution in [0.2, 0.25) is 0 Å². The summed E-state index contributed by atoms with van der Waals surface area (Å²) in [5.74, 6) is 1.14. The van der Waals surface area contributed by atoms with Crippen molar-refractivity contribution in [1.29, 1.82) is 0 Å². The molecule has 228 valence electrons. The number of aromatic nitrogens is 2. The van der Waals surface area contributed by atoms with Gasteiger partial charge in [0.1, 0.15) is 0 Å². The van der Waals surface area contributed by atoms with Crippen molar-refractivity contribution in [2.45, 2.75) is 31.6 Å². The minimum absolute atomic E-state index is 0.254. The number of likely N-dealkylation sites (N-methyl/N-ethyl adjacent to an activating group) is 1. The van der Waals surface area contributed by atoms with E-state index in [1.165, 1.54) is 4.88 Å². The van der Waals surface area contributed by atoms with Crippen LogP contribution in [-0.4, -0.2) is 90.2 Å². The summed E-state index contributed by atoms with van der Waals surface area (Å²) in [5, 5.41) is 5.62. The van der Waals surface area contributed by atoms with Crippen molar-refractivity contribution in [3.63, 3.8) is 0 Å². The summed E-state index contributed by atoms with van der Waals surface area (Å²) in [6, 6.07) is 15.8. The van der Waals surface area contributed by atoms with E-state index in [-0.39, 0.29) is 12.2 Å². The van der Waals surface area contributed by atoms with Crippen LogP contribution < -0.4 is 21.3 Å². The third-order valence-electron chi connectivity index (χ3n) is 8.55. The lowest BCUT2D eigenvalue weighted by Gasteiger charge is -2.33. The Hall–Kier alpha value is -4.10. The first-order valence-electron chi connectivity index (χ1n) is 15.1. The van der Waals surface area contributed by atoms with Crippen molar-refractivity contribution in [3.8, 4) is 11.4 Å². The Morgan fingerprint density at radius 1 is 0.932 bits per heavy atom. The largest absolute Gasteiger partial charge is 0.371 e. The average Bonchev–Trinajstić information content (AvgIpc) is 3.59. The van der Waals surface area contributed by atoms with E-state index in [0.29, 0.717) is 22.8 Å². The molecule has 0 spiro atoms. The van der Waals surface area contributed by atoms with Gasteiger partial charge in [0.15, 0.2) is 11.6 Å². The van der Waals surface area contributed by atoms with Gasteiger partial charge < -0.3 is 30.9 Å². The Balaban J connectivity index is 1.11. The molecule has 3 saturated heterocycles. The molecule has 2 aromatic heterocycles. The number of carbonyl (C=O) groups excluding carboxylic acids is 2. The third kappa shape index (κ3) is 6.25. The number of nitrogens with one attached hydrogen (secondary N) is 2. The molecule has 44 heavy (non-hydrogen) atoms. The van der Waals surface area contributed by atoms with Crippen molar-refractivity contribution >= 4 is 50.7 Å². The van der Waals surface area contributed by atoms with E-state index in [1.54, 1.807) is 24.3 Å². The van der Waals surface area contributed by atoms with E-state index in [2.05, 4.69) is 38.4 Å². The number of piperazine rings is 1. The maximum absolute atomic E-state index is 12.6. The van der Waals surface area contributed by atoms with Gasteiger partial charge in [-0.2, -0.15) is 0 Å². The number of hydrogen-bond donors (Lipinski definition) is 3. The third-order valence-corrected chi connectivity index (χ3v) is 9.66. The van der Waals surface area contributed by atoms with Crippen LogP contribution in [0.3, 0.4) is 0 Å². The number of nitrogens with zero attached hydrogens (tertiary/aromatic N) is 5. The summed E-state index contributed by atoms with van der Waals surface area (Å²) < 4.78 is 7.27. The van der Waals surface area contributed by atoms with Gasteiger partial charge in [0.2, 0.25) is 5.91 Å². The summed E-state index contributed by atoms with van der Waals surface area (Å²) >= 11 is 1.81. The highest BCUT2D eigenvalue weighted by atomic mass is 32.1. The van der Waals surface area contributed by atoms with Gasteiger partial charge in [0, 0.05) is 73.2 Å². The SMILES string of the molecule is CN1CCN(Cc2cc3nc(-c4ccc(NC(=O)Nc5ccc(C(N)=O)cc5)cc4)nc(N4CC5CCC(C4)O5)c3s2)CC1. The average molecular weight is 613 g/mol. The first kappa shape index (κ1) is 28.7. The first-order valence-corrected chi connectivity index (χ1v) is 15.9.